The van der Waals surface area contributed by atoms with Crippen LogP contribution in [0.1, 0.15) is 32.4 Å². The van der Waals surface area contributed by atoms with Gasteiger partial charge in [-0.05, 0) is 13.3 Å². The Morgan fingerprint density at radius 2 is 2.25 bits per heavy atom. The molecule has 0 radical (unpaired) electrons. The number of nitrogens with zero attached hydrogens (tertiary/aromatic N) is 3. The van der Waals surface area contributed by atoms with E-state index in [0.717, 1.165) is 36.1 Å². The Balaban J connectivity index is 0.00000200. The quantitative estimate of drug-likeness (QED) is 0.335. The van der Waals surface area contributed by atoms with E-state index in [1.54, 1.807) is 11.3 Å². The lowest BCUT2D eigenvalue weighted by atomic mass is 10.3. The number of unbranched alkanes of at least 4 members (excludes halogenated alkanes) is 1. The number of fused-ring (bicyclic) bond motifs is 1. The maximum absolute atomic E-state index is 4.55. The third kappa shape index (κ3) is 4.93. The zero-order valence-corrected chi connectivity index (χ0v) is 15.1. The molecule has 0 atom stereocenters. The Hall–Kier alpha value is -0.830. The fraction of sp³-hybridized carbons (Fsp3) is 0.538. The van der Waals surface area contributed by atoms with Crippen molar-refractivity contribution in [2.24, 2.45) is 4.99 Å². The van der Waals surface area contributed by atoms with E-state index in [0.29, 0.717) is 6.54 Å². The van der Waals surface area contributed by atoms with E-state index >= 15 is 0 Å². The third-order valence-electron chi connectivity index (χ3n) is 2.71. The molecule has 2 rings (SSSR count). The van der Waals surface area contributed by atoms with Gasteiger partial charge >= 0.3 is 0 Å². The molecular weight excluding hydrogens is 385 g/mol. The minimum atomic E-state index is 0. The lowest BCUT2D eigenvalue weighted by Crippen LogP contribution is -2.37. The van der Waals surface area contributed by atoms with Gasteiger partial charge in [-0.2, -0.15) is 0 Å². The molecule has 0 amide bonds. The first-order valence-corrected chi connectivity index (χ1v) is 7.64. The zero-order chi connectivity index (χ0) is 13.5. The van der Waals surface area contributed by atoms with Crippen LogP contribution in [0.15, 0.2) is 22.8 Å². The lowest BCUT2D eigenvalue weighted by molar-refractivity contribution is 0.729. The Bertz CT molecular complexity index is 505. The molecule has 0 saturated heterocycles. The molecule has 0 bridgehead atoms. The monoisotopic (exact) mass is 407 g/mol. The van der Waals surface area contributed by atoms with Crippen LogP contribution >= 0.6 is 35.3 Å². The van der Waals surface area contributed by atoms with Crippen LogP contribution in [0.25, 0.3) is 4.96 Å². The smallest absolute Gasteiger partial charge is 0.193 e. The second-order valence-electron chi connectivity index (χ2n) is 4.30. The van der Waals surface area contributed by atoms with E-state index in [4.69, 9.17) is 0 Å². The van der Waals surface area contributed by atoms with Crippen LogP contribution in [0.2, 0.25) is 0 Å². The molecule has 2 N–H and O–H groups in total. The van der Waals surface area contributed by atoms with Gasteiger partial charge in [-0.1, -0.05) is 13.3 Å². The summed E-state index contributed by atoms with van der Waals surface area (Å²) in [5, 5.41) is 8.61. The first-order chi connectivity index (χ1) is 9.33. The zero-order valence-electron chi connectivity index (χ0n) is 11.9. The summed E-state index contributed by atoms with van der Waals surface area (Å²) in [4.78, 5) is 10.1. The van der Waals surface area contributed by atoms with Gasteiger partial charge in [0.1, 0.15) is 0 Å². The number of nitrogens with one attached hydrogen (secondary N) is 2. The van der Waals surface area contributed by atoms with E-state index in [1.165, 1.54) is 6.42 Å². The van der Waals surface area contributed by atoms with Gasteiger partial charge < -0.3 is 10.6 Å². The number of guanidine groups is 1. The Morgan fingerprint density at radius 3 is 2.95 bits per heavy atom. The third-order valence-corrected chi connectivity index (χ3v) is 3.48. The molecule has 2 aromatic heterocycles. The predicted octanol–water partition coefficient (Wildman–Crippen LogP) is 2.87. The number of thiazole rings is 1. The summed E-state index contributed by atoms with van der Waals surface area (Å²) >= 11 is 1.64. The van der Waals surface area contributed by atoms with Crippen molar-refractivity contribution in [2.75, 3.05) is 13.1 Å². The van der Waals surface area contributed by atoms with E-state index < -0.39 is 0 Å². The van der Waals surface area contributed by atoms with Crippen molar-refractivity contribution in [3.05, 3.63) is 23.5 Å². The average molecular weight is 407 g/mol. The molecule has 0 aromatic carbocycles. The molecule has 0 aliphatic carbocycles. The first-order valence-electron chi connectivity index (χ1n) is 6.76. The van der Waals surface area contributed by atoms with Crippen LogP contribution in [0.5, 0.6) is 0 Å². The van der Waals surface area contributed by atoms with Crippen molar-refractivity contribution in [3.63, 3.8) is 0 Å². The fourth-order valence-corrected chi connectivity index (χ4v) is 2.46. The van der Waals surface area contributed by atoms with Crippen molar-refractivity contribution >= 4 is 46.2 Å². The van der Waals surface area contributed by atoms with Gasteiger partial charge in [0, 0.05) is 30.9 Å². The fourth-order valence-electron chi connectivity index (χ4n) is 1.74. The highest BCUT2D eigenvalue weighted by Gasteiger charge is 2.02. The second-order valence-corrected chi connectivity index (χ2v) is 5.17. The summed E-state index contributed by atoms with van der Waals surface area (Å²) in [6.07, 6.45) is 6.39. The predicted molar refractivity (Wildman–Crippen MR) is 96.2 cm³/mol. The molecule has 0 fully saturated rings. The van der Waals surface area contributed by atoms with Gasteiger partial charge in [-0.3, -0.25) is 4.40 Å². The molecule has 5 nitrogen and oxygen atoms in total. The Labute approximate surface area is 140 Å². The largest absolute Gasteiger partial charge is 0.357 e. The van der Waals surface area contributed by atoms with Gasteiger partial charge in [0.25, 0.3) is 0 Å². The summed E-state index contributed by atoms with van der Waals surface area (Å²) < 4.78 is 2.03. The molecule has 0 saturated carbocycles. The summed E-state index contributed by atoms with van der Waals surface area (Å²) in [6.45, 7) is 6.69. The SMILES string of the molecule is CCCCNC(=NCc1cn2ccsc2n1)NCC.I. The van der Waals surface area contributed by atoms with Crippen molar-refractivity contribution < 1.29 is 0 Å². The number of halogens is 1. The van der Waals surface area contributed by atoms with Gasteiger partial charge in [0.15, 0.2) is 10.9 Å². The molecule has 2 aromatic rings. The van der Waals surface area contributed by atoms with E-state index in [2.05, 4.69) is 34.5 Å². The van der Waals surface area contributed by atoms with Crippen molar-refractivity contribution in [1.82, 2.24) is 20.0 Å². The van der Waals surface area contributed by atoms with Crippen LogP contribution in [-0.2, 0) is 6.54 Å². The summed E-state index contributed by atoms with van der Waals surface area (Å²) in [5.74, 6) is 0.868. The topological polar surface area (TPSA) is 53.7 Å². The second kappa shape index (κ2) is 9.17. The van der Waals surface area contributed by atoms with Crippen molar-refractivity contribution in [1.29, 1.82) is 0 Å². The Morgan fingerprint density at radius 1 is 1.40 bits per heavy atom. The average Bonchev–Trinajstić information content (AvgIpc) is 2.96. The minimum Gasteiger partial charge on any atom is -0.357 e. The van der Waals surface area contributed by atoms with Crippen molar-refractivity contribution in [3.8, 4) is 0 Å². The highest BCUT2D eigenvalue weighted by atomic mass is 127. The van der Waals surface area contributed by atoms with E-state index in [9.17, 15) is 0 Å². The molecule has 7 heteroatoms. The van der Waals surface area contributed by atoms with Crippen LogP contribution in [0.4, 0.5) is 0 Å². The highest BCUT2D eigenvalue weighted by Crippen LogP contribution is 2.11. The number of imidazole rings is 1. The number of aliphatic imine (C=N–C) groups is 1. The van der Waals surface area contributed by atoms with Gasteiger partial charge in [0.05, 0.1) is 12.2 Å². The first kappa shape index (κ1) is 17.2. The Kier molecular flexibility index (Phi) is 7.90. The normalized spacial score (nSPS) is 11.4. The van der Waals surface area contributed by atoms with E-state index in [-0.39, 0.29) is 24.0 Å². The van der Waals surface area contributed by atoms with Crippen LogP contribution < -0.4 is 10.6 Å². The highest BCUT2D eigenvalue weighted by molar-refractivity contribution is 14.0. The maximum atomic E-state index is 4.55. The maximum Gasteiger partial charge on any atom is 0.193 e. The minimum absolute atomic E-state index is 0. The number of aromatic nitrogens is 2. The number of hydrogen-bond acceptors (Lipinski definition) is 3. The number of rotatable bonds is 6. The van der Waals surface area contributed by atoms with Gasteiger partial charge in [-0.15, -0.1) is 35.3 Å². The van der Waals surface area contributed by atoms with E-state index in [1.807, 2.05) is 22.2 Å². The summed E-state index contributed by atoms with van der Waals surface area (Å²) in [7, 11) is 0. The standard InChI is InChI=1S/C13H21N5S.HI/c1-3-5-6-15-12(14-4-2)16-9-11-10-18-7-8-19-13(18)17-11;/h7-8,10H,3-6,9H2,1-2H3,(H2,14,15,16);1H. The van der Waals surface area contributed by atoms with Gasteiger partial charge in [0.2, 0.25) is 0 Å². The molecule has 0 aliphatic heterocycles. The summed E-state index contributed by atoms with van der Waals surface area (Å²) in [5.41, 5.74) is 1.000. The van der Waals surface area contributed by atoms with Crippen LogP contribution in [0.3, 0.4) is 0 Å². The summed E-state index contributed by atoms with van der Waals surface area (Å²) in [6, 6.07) is 0. The molecule has 0 unspecified atom stereocenters. The van der Waals surface area contributed by atoms with Crippen LogP contribution in [0, 0.1) is 0 Å². The van der Waals surface area contributed by atoms with Gasteiger partial charge in [-0.25, -0.2) is 9.98 Å². The molecule has 2 heterocycles. The molecular formula is C13H22IN5S. The van der Waals surface area contributed by atoms with Crippen LogP contribution in [-0.4, -0.2) is 28.4 Å². The molecule has 0 spiro atoms. The molecule has 0 aliphatic rings. The lowest BCUT2D eigenvalue weighted by Gasteiger charge is -2.10. The number of hydrogen-bond donors (Lipinski definition) is 2. The molecule has 20 heavy (non-hydrogen) atoms. The van der Waals surface area contributed by atoms with Crippen molar-refractivity contribution in [2.45, 2.75) is 33.2 Å². The molecule has 112 valence electrons.